The van der Waals surface area contributed by atoms with Gasteiger partial charge in [-0.2, -0.15) is 0 Å². The van der Waals surface area contributed by atoms with Crippen LogP contribution in [0, 0.1) is 0 Å². The summed E-state index contributed by atoms with van der Waals surface area (Å²) >= 11 is 0. The van der Waals surface area contributed by atoms with Crippen LogP contribution in [0.2, 0.25) is 0 Å². The summed E-state index contributed by atoms with van der Waals surface area (Å²) in [6.07, 6.45) is 1.69. The number of nitrogens with two attached hydrogens (primary N) is 1. The van der Waals surface area contributed by atoms with Gasteiger partial charge in [0.25, 0.3) is 0 Å². The lowest BCUT2D eigenvalue weighted by Crippen LogP contribution is -2.41. The first-order valence-corrected chi connectivity index (χ1v) is 4.97. The first kappa shape index (κ1) is 9.71. The molecule has 0 radical (unpaired) electrons. The van der Waals surface area contributed by atoms with Gasteiger partial charge in [0, 0.05) is 19.6 Å². The Morgan fingerprint density at radius 1 is 1.43 bits per heavy atom. The molecule has 2 N–H and O–H groups in total. The number of nitrogens with zero attached hydrogens (tertiary/aromatic N) is 1. The Morgan fingerprint density at radius 3 is 2.79 bits per heavy atom. The monoisotopic (exact) mass is 196 g/mol. The number of morpholine rings is 1. The highest BCUT2D eigenvalue weighted by molar-refractivity contribution is 5.05. The zero-order valence-electron chi connectivity index (χ0n) is 8.19. The minimum absolute atomic E-state index is 0.203. The SMILES string of the molecule is NC[C@H](c1ccco1)N1CCOCC1. The van der Waals surface area contributed by atoms with E-state index < -0.39 is 0 Å². The van der Waals surface area contributed by atoms with Gasteiger partial charge in [-0.25, -0.2) is 0 Å². The summed E-state index contributed by atoms with van der Waals surface area (Å²) in [5, 5.41) is 0. The van der Waals surface area contributed by atoms with Gasteiger partial charge >= 0.3 is 0 Å². The van der Waals surface area contributed by atoms with E-state index in [1.54, 1.807) is 6.26 Å². The molecule has 0 spiro atoms. The van der Waals surface area contributed by atoms with Crippen LogP contribution < -0.4 is 5.73 Å². The fourth-order valence-electron chi connectivity index (χ4n) is 1.82. The Morgan fingerprint density at radius 2 is 2.21 bits per heavy atom. The van der Waals surface area contributed by atoms with Crippen LogP contribution in [0.15, 0.2) is 22.8 Å². The molecule has 0 saturated carbocycles. The van der Waals surface area contributed by atoms with Crippen LogP contribution in [-0.4, -0.2) is 37.7 Å². The average Bonchev–Trinajstić information content (AvgIpc) is 2.74. The lowest BCUT2D eigenvalue weighted by atomic mass is 10.2. The van der Waals surface area contributed by atoms with Crippen molar-refractivity contribution in [3.8, 4) is 0 Å². The van der Waals surface area contributed by atoms with Gasteiger partial charge in [0.2, 0.25) is 0 Å². The molecule has 1 fully saturated rings. The molecule has 1 aliphatic heterocycles. The van der Waals surface area contributed by atoms with Crippen LogP contribution in [0.1, 0.15) is 11.8 Å². The predicted molar refractivity (Wildman–Crippen MR) is 52.9 cm³/mol. The van der Waals surface area contributed by atoms with Crippen molar-refractivity contribution in [2.45, 2.75) is 6.04 Å². The van der Waals surface area contributed by atoms with E-state index in [2.05, 4.69) is 4.90 Å². The molecule has 0 amide bonds. The standard InChI is InChI=1S/C10H16N2O2/c11-8-9(10-2-1-5-14-10)12-3-6-13-7-4-12/h1-2,5,9H,3-4,6-8,11H2/t9-/m1/s1. The quantitative estimate of drug-likeness (QED) is 0.769. The molecule has 0 bridgehead atoms. The first-order chi connectivity index (χ1) is 6.92. The number of furan rings is 1. The Balaban J connectivity index is 2.04. The normalized spacial score (nSPS) is 20.9. The summed E-state index contributed by atoms with van der Waals surface area (Å²) < 4.78 is 10.7. The van der Waals surface area contributed by atoms with Crippen LogP contribution in [0.25, 0.3) is 0 Å². The average molecular weight is 196 g/mol. The molecule has 1 aromatic heterocycles. The van der Waals surface area contributed by atoms with E-state index in [4.69, 9.17) is 14.9 Å². The van der Waals surface area contributed by atoms with Crippen molar-refractivity contribution in [2.24, 2.45) is 5.73 Å². The topological polar surface area (TPSA) is 51.6 Å². The molecule has 1 aliphatic rings. The second kappa shape index (κ2) is 4.59. The fraction of sp³-hybridized carbons (Fsp3) is 0.600. The number of hydrogen-bond acceptors (Lipinski definition) is 4. The molecule has 1 aromatic rings. The summed E-state index contributed by atoms with van der Waals surface area (Å²) in [6, 6.07) is 4.08. The highest BCUT2D eigenvalue weighted by atomic mass is 16.5. The van der Waals surface area contributed by atoms with E-state index in [-0.39, 0.29) is 6.04 Å². The largest absolute Gasteiger partial charge is 0.468 e. The van der Waals surface area contributed by atoms with E-state index >= 15 is 0 Å². The number of hydrogen-bond donors (Lipinski definition) is 1. The second-order valence-corrected chi connectivity index (χ2v) is 3.42. The zero-order valence-corrected chi connectivity index (χ0v) is 8.19. The molecule has 2 heterocycles. The second-order valence-electron chi connectivity index (χ2n) is 3.42. The van der Waals surface area contributed by atoms with Crippen LogP contribution in [0.5, 0.6) is 0 Å². The van der Waals surface area contributed by atoms with Crippen molar-refractivity contribution in [1.29, 1.82) is 0 Å². The maximum Gasteiger partial charge on any atom is 0.122 e. The minimum Gasteiger partial charge on any atom is -0.468 e. The Bertz CT molecular complexity index is 255. The molecule has 0 aliphatic carbocycles. The van der Waals surface area contributed by atoms with E-state index in [0.717, 1.165) is 32.1 Å². The van der Waals surface area contributed by atoms with E-state index in [1.807, 2.05) is 12.1 Å². The van der Waals surface area contributed by atoms with Gasteiger partial charge in [-0.05, 0) is 12.1 Å². The van der Waals surface area contributed by atoms with Gasteiger partial charge in [-0.15, -0.1) is 0 Å². The van der Waals surface area contributed by atoms with Gasteiger partial charge in [0.15, 0.2) is 0 Å². The fourth-order valence-corrected chi connectivity index (χ4v) is 1.82. The van der Waals surface area contributed by atoms with Crippen molar-refractivity contribution in [3.63, 3.8) is 0 Å². The maximum atomic E-state index is 5.75. The van der Waals surface area contributed by atoms with E-state index in [0.29, 0.717) is 6.54 Å². The summed E-state index contributed by atoms with van der Waals surface area (Å²) in [5.41, 5.74) is 5.75. The van der Waals surface area contributed by atoms with Crippen molar-refractivity contribution >= 4 is 0 Å². The summed E-state index contributed by atoms with van der Waals surface area (Å²) in [7, 11) is 0. The van der Waals surface area contributed by atoms with Crippen molar-refractivity contribution in [1.82, 2.24) is 4.90 Å². The molecular formula is C10H16N2O2. The molecule has 4 heteroatoms. The van der Waals surface area contributed by atoms with Crippen molar-refractivity contribution in [2.75, 3.05) is 32.8 Å². The van der Waals surface area contributed by atoms with Crippen molar-refractivity contribution < 1.29 is 9.15 Å². The smallest absolute Gasteiger partial charge is 0.122 e. The molecule has 78 valence electrons. The van der Waals surface area contributed by atoms with Gasteiger partial charge < -0.3 is 14.9 Å². The molecule has 2 rings (SSSR count). The number of ether oxygens (including phenoxy) is 1. The molecule has 1 atom stereocenters. The maximum absolute atomic E-state index is 5.75. The third-order valence-corrected chi connectivity index (χ3v) is 2.58. The molecule has 4 nitrogen and oxygen atoms in total. The van der Waals surface area contributed by atoms with Crippen LogP contribution in [-0.2, 0) is 4.74 Å². The van der Waals surface area contributed by atoms with Crippen LogP contribution in [0.4, 0.5) is 0 Å². The highest BCUT2D eigenvalue weighted by Gasteiger charge is 2.22. The molecular weight excluding hydrogens is 180 g/mol. The molecule has 0 unspecified atom stereocenters. The molecule has 0 aromatic carbocycles. The molecule has 1 saturated heterocycles. The van der Waals surface area contributed by atoms with Gasteiger partial charge in [-0.1, -0.05) is 0 Å². The summed E-state index contributed by atoms with van der Waals surface area (Å²) in [6.45, 7) is 4.03. The Labute approximate surface area is 83.6 Å². The lowest BCUT2D eigenvalue weighted by Gasteiger charge is -2.32. The van der Waals surface area contributed by atoms with Gasteiger partial charge in [0.1, 0.15) is 5.76 Å². The lowest BCUT2D eigenvalue weighted by molar-refractivity contribution is 0.0136. The third kappa shape index (κ3) is 1.97. The van der Waals surface area contributed by atoms with Gasteiger partial charge in [-0.3, -0.25) is 4.90 Å². The first-order valence-electron chi connectivity index (χ1n) is 4.97. The Kier molecular flexibility index (Phi) is 3.18. The van der Waals surface area contributed by atoms with Gasteiger partial charge in [0.05, 0.1) is 25.5 Å². The third-order valence-electron chi connectivity index (χ3n) is 2.58. The number of rotatable bonds is 3. The summed E-state index contributed by atoms with van der Waals surface area (Å²) in [4.78, 5) is 2.31. The Hall–Kier alpha value is -0.840. The van der Waals surface area contributed by atoms with Crippen molar-refractivity contribution in [3.05, 3.63) is 24.2 Å². The minimum atomic E-state index is 0.203. The highest BCUT2D eigenvalue weighted by Crippen LogP contribution is 2.20. The predicted octanol–water partition coefficient (Wildman–Crippen LogP) is 0.612. The van der Waals surface area contributed by atoms with E-state index in [1.165, 1.54) is 0 Å². The van der Waals surface area contributed by atoms with E-state index in [9.17, 15) is 0 Å². The van der Waals surface area contributed by atoms with Crippen LogP contribution in [0.3, 0.4) is 0 Å². The zero-order chi connectivity index (χ0) is 9.80. The summed E-state index contributed by atoms with van der Waals surface area (Å²) in [5.74, 6) is 0.953. The van der Waals surface area contributed by atoms with Crippen LogP contribution >= 0.6 is 0 Å². The molecule has 14 heavy (non-hydrogen) atoms.